The van der Waals surface area contributed by atoms with Gasteiger partial charge in [-0.1, -0.05) is 6.92 Å². The highest BCUT2D eigenvalue weighted by Gasteiger charge is 2.18. The lowest BCUT2D eigenvalue weighted by Crippen LogP contribution is -2.46. The normalized spacial score (nSPS) is 14.9. The van der Waals surface area contributed by atoms with Gasteiger partial charge in [-0.3, -0.25) is 4.21 Å². The molecule has 0 aliphatic heterocycles. The van der Waals surface area contributed by atoms with Gasteiger partial charge in [-0.25, -0.2) is 9.59 Å². The number of carbonyl (C=O) groups excluding carboxylic acids is 1. The third-order valence-corrected chi connectivity index (χ3v) is 3.70. The Morgan fingerprint density at radius 3 is 2.56 bits per heavy atom. The van der Waals surface area contributed by atoms with Crippen molar-refractivity contribution < 1.29 is 18.9 Å². The van der Waals surface area contributed by atoms with Crippen molar-refractivity contribution in [2.24, 2.45) is 0 Å². The van der Waals surface area contributed by atoms with Crippen molar-refractivity contribution in [3.8, 4) is 12.3 Å². The zero-order chi connectivity index (χ0) is 14.1. The average Bonchev–Trinajstić information content (AvgIpc) is 2.27. The monoisotopic (exact) mass is 274 g/mol. The first-order chi connectivity index (χ1) is 8.38. The molecule has 18 heavy (non-hydrogen) atoms. The average molecular weight is 274 g/mol. The molecule has 0 aromatic rings. The quantitative estimate of drug-likeness (QED) is 0.566. The van der Waals surface area contributed by atoms with Crippen molar-refractivity contribution in [2.75, 3.05) is 12.8 Å². The van der Waals surface area contributed by atoms with Gasteiger partial charge in [0, 0.05) is 35.3 Å². The van der Waals surface area contributed by atoms with Gasteiger partial charge < -0.3 is 15.7 Å². The van der Waals surface area contributed by atoms with Gasteiger partial charge in [0.25, 0.3) is 0 Å². The van der Waals surface area contributed by atoms with E-state index < -0.39 is 28.8 Å². The van der Waals surface area contributed by atoms with Gasteiger partial charge in [-0.2, -0.15) is 0 Å². The van der Waals surface area contributed by atoms with Crippen molar-refractivity contribution in [1.82, 2.24) is 10.6 Å². The van der Waals surface area contributed by atoms with Crippen LogP contribution in [0.2, 0.25) is 0 Å². The molecule has 0 spiro atoms. The first kappa shape index (κ1) is 16.4. The molecule has 0 saturated heterocycles. The summed E-state index contributed by atoms with van der Waals surface area (Å²) in [7, 11) is -0.938. The summed E-state index contributed by atoms with van der Waals surface area (Å²) in [5.41, 5.74) is 0. The number of urea groups is 1. The highest BCUT2D eigenvalue weighted by atomic mass is 32.2. The largest absolute Gasteiger partial charge is 0.480 e. The molecule has 3 N–H and O–H groups in total. The van der Waals surface area contributed by atoms with Crippen LogP contribution in [0.4, 0.5) is 4.79 Å². The van der Waals surface area contributed by atoms with Crippen LogP contribution in [0.3, 0.4) is 0 Å². The fourth-order valence-electron chi connectivity index (χ4n) is 1.08. The lowest BCUT2D eigenvalue weighted by atomic mass is 10.2. The Labute approximate surface area is 109 Å². The third kappa shape index (κ3) is 6.91. The Bertz CT molecular complexity index is 365. The number of carboxylic acid groups (broad SMARTS) is 1. The predicted octanol–water partition coefficient (Wildman–Crippen LogP) is -0.0808. The van der Waals surface area contributed by atoms with Crippen molar-refractivity contribution in [3.05, 3.63) is 0 Å². The molecular weight excluding hydrogens is 256 g/mol. The molecule has 6 nitrogen and oxygen atoms in total. The topological polar surface area (TPSA) is 95.5 Å². The second kappa shape index (κ2) is 8.53. The van der Waals surface area contributed by atoms with Crippen molar-refractivity contribution >= 4 is 22.8 Å². The number of carbonyl (C=O) groups is 2. The minimum absolute atomic E-state index is 0.0220. The molecule has 0 rings (SSSR count). The summed E-state index contributed by atoms with van der Waals surface area (Å²) >= 11 is 0. The summed E-state index contributed by atoms with van der Waals surface area (Å²) in [6.45, 7) is 2.14. The van der Waals surface area contributed by atoms with E-state index in [1.165, 1.54) is 0 Å². The Balaban J connectivity index is 4.00. The second-order valence-electron chi connectivity index (χ2n) is 3.80. The standard InChI is InChI=1S/C11H18N2O4S/c1-4-5-9(10(14)15)13-11(16)12-7-6-8(2)18(3)17/h1,8-9H,5-7H2,2-3H3,(H,14,15)(H2,12,13,16). The molecule has 3 atom stereocenters. The van der Waals surface area contributed by atoms with E-state index in [-0.39, 0.29) is 11.7 Å². The molecular formula is C11H18N2O4S. The molecule has 0 fully saturated rings. The van der Waals surface area contributed by atoms with E-state index in [0.29, 0.717) is 13.0 Å². The minimum atomic E-state index is -1.17. The second-order valence-corrected chi connectivity index (χ2v) is 5.60. The first-order valence-electron chi connectivity index (χ1n) is 5.41. The number of hydrogen-bond acceptors (Lipinski definition) is 3. The number of hydrogen-bond donors (Lipinski definition) is 3. The molecule has 0 radical (unpaired) electrons. The Hall–Kier alpha value is -1.55. The van der Waals surface area contributed by atoms with Gasteiger partial charge >= 0.3 is 12.0 Å². The molecule has 2 amide bonds. The van der Waals surface area contributed by atoms with E-state index in [1.54, 1.807) is 6.26 Å². The molecule has 0 aromatic carbocycles. The molecule has 102 valence electrons. The summed E-state index contributed by atoms with van der Waals surface area (Å²) < 4.78 is 11.1. The number of amides is 2. The molecule has 0 aliphatic rings. The van der Waals surface area contributed by atoms with Crippen LogP contribution in [0, 0.1) is 12.3 Å². The molecule has 0 bridgehead atoms. The molecule has 0 aliphatic carbocycles. The first-order valence-corrected chi connectivity index (χ1v) is 7.03. The number of terminal acetylenes is 1. The Kier molecular flexibility index (Phi) is 7.79. The van der Waals surface area contributed by atoms with Gasteiger partial charge in [-0.15, -0.1) is 12.3 Å². The van der Waals surface area contributed by atoms with Gasteiger partial charge in [0.2, 0.25) is 0 Å². The summed E-state index contributed by atoms with van der Waals surface area (Å²) in [6, 6.07) is -1.68. The number of nitrogens with one attached hydrogen (secondary N) is 2. The van der Waals surface area contributed by atoms with E-state index >= 15 is 0 Å². The van der Waals surface area contributed by atoms with Crippen LogP contribution in [0.5, 0.6) is 0 Å². The fourth-order valence-corrected chi connectivity index (χ4v) is 1.53. The smallest absolute Gasteiger partial charge is 0.327 e. The SMILES string of the molecule is C#CCC(NC(=O)NCCC(C)S(C)=O)C(=O)O. The van der Waals surface area contributed by atoms with E-state index in [0.717, 1.165) is 0 Å². The fraction of sp³-hybridized carbons (Fsp3) is 0.636. The van der Waals surface area contributed by atoms with Gasteiger partial charge in [0.1, 0.15) is 6.04 Å². The van der Waals surface area contributed by atoms with Crippen LogP contribution in [0.15, 0.2) is 0 Å². The Morgan fingerprint density at radius 1 is 1.50 bits per heavy atom. The predicted molar refractivity (Wildman–Crippen MR) is 69.6 cm³/mol. The zero-order valence-corrected chi connectivity index (χ0v) is 11.3. The van der Waals surface area contributed by atoms with E-state index in [4.69, 9.17) is 11.5 Å². The van der Waals surface area contributed by atoms with E-state index in [9.17, 15) is 13.8 Å². The van der Waals surface area contributed by atoms with Gasteiger partial charge in [0.05, 0.1) is 0 Å². The number of rotatable bonds is 7. The van der Waals surface area contributed by atoms with Crippen LogP contribution >= 0.6 is 0 Å². The Morgan fingerprint density at radius 2 is 2.11 bits per heavy atom. The van der Waals surface area contributed by atoms with E-state index in [1.807, 2.05) is 6.92 Å². The van der Waals surface area contributed by atoms with Crippen LogP contribution in [-0.2, 0) is 15.6 Å². The maximum atomic E-state index is 11.4. The lowest BCUT2D eigenvalue weighted by Gasteiger charge is -2.13. The molecule has 0 aromatic heterocycles. The van der Waals surface area contributed by atoms with E-state index in [2.05, 4.69) is 16.6 Å². The lowest BCUT2D eigenvalue weighted by molar-refractivity contribution is -0.139. The van der Waals surface area contributed by atoms with Crippen LogP contribution < -0.4 is 10.6 Å². The maximum Gasteiger partial charge on any atom is 0.327 e. The number of carboxylic acids is 1. The third-order valence-electron chi connectivity index (χ3n) is 2.33. The summed E-state index contributed by atoms with van der Waals surface area (Å²) in [5.74, 6) is 1.01. The van der Waals surface area contributed by atoms with Crippen molar-refractivity contribution in [2.45, 2.75) is 31.1 Å². The van der Waals surface area contributed by atoms with Crippen molar-refractivity contribution in [1.29, 1.82) is 0 Å². The number of aliphatic carboxylic acids is 1. The van der Waals surface area contributed by atoms with Crippen LogP contribution in [0.1, 0.15) is 19.8 Å². The van der Waals surface area contributed by atoms with Crippen LogP contribution in [0.25, 0.3) is 0 Å². The summed E-state index contributed by atoms with van der Waals surface area (Å²) in [5, 5.41) is 13.5. The molecule has 7 heteroatoms. The maximum absolute atomic E-state index is 11.4. The van der Waals surface area contributed by atoms with Crippen molar-refractivity contribution in [3.63, 3.8) is 0 Å². The van der Waals surface area contributed by atoms with Crippen LogP contribution in [-0.4, -0.2) is 45.4 Å². The highest BCUT2D eigenvalue weighted by molar-refractivity contribution is 7.84. The van der Waals surface area contributed by atoms with Gasteiger partial charge in [0.15, 0.2) is 0 Å². The molecule has 0 heterocycles. The van der Waals surface area contributed by atoms with Gasteiger partial charge in [-0.05, 0) is 6.42 Å². The zero-order valence-electron chi connectivity index (χ0n) is 10.4. The summed E-state index contributed by atoms with van der Waals surface area (Å²) in [4.78, 5) is 22.1. The minimum Gasteiger partial charge on any atom is -0.480 e. The molecule has 0 saturated carbocycles. The molecule has 3 unspecified atom stereocenters. The summed E-state index contributed by atoms with van der Waals surface area (Å²) in [6.07, 6.45) is 7.08. The highest BCUT2D eigenvalue weighted by Crippen LogP contribution is 1.97.